The van der Waals surface area contributed by atoms with Gasteiger partial charge in [0.15, 0.2) is 6.10 Å². The third-order valence-electron chi connectivity index (χ3n) is 4.53. The summed E-state index contributed by atoms with van der Waals surface area (Å²) in [5.41, 5.74) is 0.404. The summed E-state index contributed by atoms with van der Waals surface area (Å²) in [5, 5.41) is 27.5. The SMILES string of the molecule is CC(OC(=O)c1cc([N+](=O)[O-])ccc1NCCO)C(=O)Nc1ccc2ccccc2c1. The van der Waals surface area contributed by atoms with Crippen LogP contribution in [0.1, 0.15) is 17.3 Å². The Bertz CT molecular complexity index is 1130. The molecule has 0 fully saturated rings. The van der Waals surface area contributed by atoms with Crippen molar-refractivity contribution in [1.82, 2.24) is 0 Å². The van der Waals surface area contributed by atoms with Crippen LogP contribution in [0.25, 0.3) is 10.8 Å². The molecule has 9 heteroatoms. The number of hydrogen-bond donors (Lipinski definition) is 3. The fourth-order valence-electron chi connectivity index (χ4n) is 2.95. The second-order valence-electron chi connectivity index (χ2n) is 6.74. The van der Waals surface area contributed by atoms with Crippen LogP contribution in [0.15, 0.2) is 60.7 Å². The number of nitro groups is 1. The van der Waals surface area contributed by atoms with Gasteiger partial charge in [-0.25, -0.2) is 4.79 Å². The smallest absolute Gasteiger partial charge is 0.341 e. The summed E-state index contributed by atoms with van der Waals surface area (Å²) in [6, 6.07) is 16.7. The van der Waals surface area contributed by atoms with Crippen LogP contribution < -0.4 is 10.6 Å². The van der Waals surface area contributed by atoms with Crippen LogP contribution in [0, 0.1) is 10.1 Å². The molecule has 1 atom stereocenters. The Morgan fingerprint density at radius 3 is 2.55 bits per heavy atom. The van der Waals surface area contributed by atoms with Crippen LogP contribution in [0.3, 0.4) is 0 Å². The van der Waals surface area contributed by atoms with Crippen molar-refractivity contribution in [1.29, 1.82) is 0 Å². The predicted molar refractivity (Wildman–Crippen MR) is 116 cm³/mol. The van der Waals surface area contributed by atoms with Crippen molar-refractivity contribution in [2.45, 2.75) is 13.0 Å². The normalized spacial score (nSPS) is 11.5. The minimum absolute atomic E-state index is 0.104. The lowest BCUT2D eigenvalue weighted by atomic mass is 10.1. The molecule has 9 nitrogen and oxygen atoms in total. The van der Waals surface area contributed by atoms with Crippen LogP contribution in [0.5, 0.6) is 0 Å². The number of carbonyl (C=O) groups excluding carboxylic acids is 2. The topological polar surface area (TPSA) is 131 Å². The molecule has 0 aliphatic carbocycles. The number of aliphatic hydroxyl groups excluding tert-OH is 1. The van der Waals surface area contributed by atoms with Crippen molar-refractivity contribution < 1.29 is 24.4 Å². The van der Waals surface area contributed by atoms with Crippen molar-refractivity contribution in [2.24, 2.45) is 0 Å². The number of non-ortho nitro benzene ring substituents is 1. The van der Waals surface area contributed by atoms with Crippen molar-refractivity contribution >= 4 is 39.7 Å². The van der Waals surface area contributed by atoms with Crippen molar-refractivity contribution in [3.63, 3.8) is 0 Å². The quantitative estimate of drug-likeness (QED) is 0.288. The number of rotatable bonds is 8. The zero-order chi connectivity index (χ0) is 22.4. The number of ether oxygens (including phenoxy) is 1. The Hall–Kier alpha value is -3.98. The predicted octanol–water partition coefficient (Wildman–Crippen LogP) is 3.34. The molecule has 0 radical (unpaired) electrons. The lowest BCUT2D eigenvalue weighted by molar-refractivity contribution is -0.384. The molecule has 0 aliphatic rings. The zero-order valence-electron chi connectivity index (χ0n) is 16.7. The van der Waals surface area contributed by atoms with Gasteiger partial charge in [0.25, 0.3) is 11.6 Å². The van der Waals surface area contributed by atoms with Gasteiger partial charge in [0.1, 0.15) is 0 Å². The first-order valence-corrected chi connectivity index (χ1v) is 9.53. The van der Waals surface area contributed by atoms with E-state index in [1.54, 1.807) is 12.1 Å². The van der Waals surface area contributed by atoms with Gasteiger partial charge in [-0.3, -0.25) is 14.9 Å². The van der Waals surface area contributed by atoms with Crippen LogP contribution in [0.4, 0.5) is 17.1 Å². The minimum Gasteiger partial charge on any atom is -0.449 e. The first-order valence-electron chi connectivity index (χ1n) is 9.53. The van der Waals surface area contributed by atoms with Gasteiger partial charge in [-0.15, -0.1) is 0 Å². The number of benzene rings is 3. The molecular formula is C22H21N3O6. The first-order chi connectivity index (χ1) is 14.9. The highest BCUT2D eigenvalue weighted by Crippen LogP contribution is 2.24. The average molecular weight is 423 g/mol. The number of aliphatic hydroxyl groups is 1. The Kier molecular flexibility index (Phi) is 6.78. The second-order valence-corrected chi connectivity index (χ2v) is 6.74. The minimum atomic E-state index is -1.15. The molecule has 3 N–H and O–H groups in total. The number of hydrogen-bond acceptors (Lipinski definition) is 7. The fraction of sp³-hybridized carbons (Fsp3) is 0.182. The Morgan fingerprint density at radius 1 is 1.10 bits per heavy atom. The van der Waals surface area contributed by atoms with Crippen LogP contribution >= 0.6 is 0 Å². The molecule has 3 aromatic carbocycles. The van der Waals surface area contributed by atoms with E-state index in [9.17, 15) is 19.7 Å². The highest BCUT2D eigenvalue weighted by Gasteiger charge is 2.23. The number of nitro benzene ring substituents is 1. The largest absolute Gasteiger partial charge is 0.449 e. The summed E-state index contributed by atoms with van der Waals surface area (Å²) in [4.78, 5) is 35.5. The van der Waals surface area contributed by atoms with Gasteiger partial charge >= 0.3 is 5.97 Å². The number of anilines is 2. The summed E-state index contributed by atoms with van der Waals surface area (Å²) >= 11 is 0. The molecule has 1 unspecified atom stereocenters. The molecule has 1 amide bonds. The van der Waals surface area contributed by atoms with E-state index < -0.39 is 22.9 Å². The average Bonchev–Trinajstić information content (AvgIpc) is 2.77. The van der Waals surface area contributed by atoms with E-state index in [-0.39, 0.29) is 30.1 Å². The summed E-state index contributed by atoms with van der Waals surface area (Å²) in [5.74, 6) is -1.44. The molecule has 0 aromatic heterocycles. The van der Waals surface area contributed by atoms with Crippen molar-refractivity contribution in [3.8, 4) is 0 Å². The van der Waals surface area contributed by atoms with Gasteiger partial charge in [-0.2, -0.15) is 0 Å². The van der Waals surface area contributed by atoms with E-state index in [0.717, 1.165) is 16.8 Å². The van der Waals surface area contributed by atoms with E-state index >= 15 is 0 Å². The maximum Gasteiger partial charge on any atom is 0.341 e. The van der Waals surface area contributed by atoms with Crippen molar-refractivity contribution in [3.05, 3.63) is 76.3 Å². The molecule has 0 saturated carbocycles. The zero-order valence-corrected chi connectivity index (χ0v) is 16.7. The lowest BCUT2D eigenvalue weighted by Crippen LogP contribution is -2.30. The molecule has 3 rings (SSSR count). The number of fused-ring (bicyclic) bond motifs is 1. The molecular weight excluding hydrogens is 402 g/mol. The molecule has 31 heavy (non-hydrogen) atoms. The molecule has 0 bridgehead atoms. The lowest BCUT2D eigenvalue weighted by Gasteiger charge is -2.16. The first kappa shape index (κ1) is 21.7. The summed E-state index contributed by atoms with van der Waals surface area (Å²) < 4.78 is 5.24. The Morgan fingerprint density at radius 2 is 1.84 bits per heavy atom. The molecule has 160 valence electrons. The van der Waals surface area contributed by atoms with Crippen LogP contribution in [-0.2, 0) is 9.53 Å². The molecule has 0 heterocycles. The number of nitrogens with one attached hydrogen (secondary N) is 2. The molecule has 0 saturated heterocycles. The van der Waals surface area contributed by atoms with Gasteiger partial charge < -0.3 is 20.5 Å². The fourth-order valence-corrected chi connectivity index (χ4v) is 2.95. The number of amides is 1. The van der Waals surface area contributed by atoms with E-state index in [4.69, 9.17) is 9.84 Å². The van der Waals surface area contributed by atoms with Gasteiger partial charge in [0.2, 0.25) is 0 Å². The summed E-state index contributed by atoms with van der Waals surface area (Å²) in [7, 11) is 0. The van der Waals surface area contributed by atoms with Gasteiger partial charge in [0, 0.05) is 30.1 Å². The van der Waals surface area contributed by atoms with E-state index in [0.29, 0.717) is 5.69 Å². The summed E-state index contributed by atoms with van der Waals surface area (Å²) in [6.07, 6.45) is -1.15. The molecule has 0 aliphatic heterocycles. The van der Waals surface area contributed by atoms with Gasteiger partial charge in [0.05, 0.1) is 17.1 Å². The Labute approximate surface area is 177 Å². The van der Waals surface area contributed by atoms with Gasteiger partial charge in [-0.05, 0) is 35.9 Å². The van der Waals surface area contributed by atoms with Gasteiger partial charge in [-0.1, -0.05) is 30.3 Å². The van der Waals surface area contributed by atoms with Crippen molar-refractivity contribution in [2.75, 3.05) is 23.8 Å². The summed E-state index contributed by atoms with van der Waals surface area (Å²) in [6.45, 7) is 1.35. The molecule has 3 aromatic rings. The van der Waals surface area contributed by atoms with Crippen LogP contribution in [0.2, 0.25) is 0 Å². The highest BCUT2D eigenvalue weighted by atomic mass is 16.6. The highest BCUT2D eigenvalue weighted by molar-refractivity contribution is 6.01. The number of carbonyl (C=O) groups is 2. The number of esters is 1. The third kappa shape index (κ3) is 5.34. The number of nitrogens with zero attached hydrogens (tertiary/aromatic N) is 1. The maximum absolute atomic E-state index is 12.6. The maximum atomic E-state index is 12.6. The molecule has 0 spiro atoms. The standard InChI is InChI=1S/C22H21N3O6/c1-14(21(27)24-17-7-6-15-4-2-3-5-16(15)12-17)31-22(28)19-13-18(25(29)30)8-9-20(19)23-10-11-26/h2-9,12-14,23,26H,10-11H2,1H3,(H,24,27). The van der Waals surface area contributed by atoms with E-state index in [2.05, 4.69) is 10.6 Å². The monoisotopic (exact) mass is 423 g/mol. The third-order valence-corrected chi connectivity index (χ3v) is 4.53. The van der Waals surface area contributed by atoms with E-state index in [1.165, 1.54) is 19.1 Å². The Balaban J connectivity index is 1.73. The second kappa shape index (κ2) is 9.68. The van der Waals surface area contributed by atoms with Crippen LogP contribution in [-0.4, -0.2) is 41.2 Å². The van der Waals surface area contributed by atoms with E-state index in [1.807, 2.05) is 30.3 Å².